The van der Waals surface area contributed by atoms with E-state index in [0.29, 0.717) is 58.5 Å². The Balaban J connectivity index is 1.55. The van der Waals surface area contributed by atoms with Crippen molar-refractivity contribution in [3.63, 3.8) is 0 Å². The number of carbonyl (C=O) groups excluding carboxylic acids is 3. The molecule has 5 rings (SSSR count). The van der Waals surface area contributed by atoms with Gasteiger partial charge in [-0.1, -0.05) is 44.2 Å². The highest BCUT2D eigenvalue weighted by Crippen LogP contribution is 2.65. The fourth-order valence-electron chi connectivity index (χ4n) is 8.05. The van der Waals surface area contributed by atoms with Gasteiger partial charge in [0.05, 0.1) is 43.3 Å². The summed E-state index contributed by atoms with van der Waals surface area (Å²) >= 11 is 0. The number of aliphatic hydroxyl groups excluding tert-OH is 1. The Hall–Kier alpha value is -3.05. The van der Waals surface area contributed by atoms with Gasteiger partial charge in [-0.15, -0.1) is 13.2 Å². The van der Waals surface area contributed by atoms with E-state index >= 15 is 0 Å². The van der Waals surface area contributed by atoms with E-state index < -0.39 is 35.1 Å². The lowest BCUT2D eigenvalue weighted by atomic mass is 9.64. The van der Waals surface area contributed by atoms with Gasteiger partial charge in [0.15, 0.2) is 0 Å². The third kappa shape index (κ3) is 5.40. The van der Waals surface area contributed by atoms with Crippen LogP contribution in [-0.2, 0) is 23.9 Å². The van der Waals surface area contributed by atoms with E-state index in [4.69, 9.17) is 9.47 Å². The highest BCUT2D eigenvalue weighted by atomic mass is 16.5. The monoisotopic (exact) mass is 608 g/mol. The standard InChI is InChI=1S/C34H48N4O6/c1-5-16-36(19-18-35-20-22-43-23-21-35)32(42)29-34-15-14-33(8-4,44-34)27(28(34)31(41)38(29)25(7-3)24-39)30(40)37(17-6-2)26-12-10-9-11-13-26/h5-6,9-13,25,27-29,39H,1-2,7-8,14-24H2,3-4H3/t25-,27-,28-,29?,33+,34?/m0/s1. The molecule has 0 aromatic heterocycles. The van der Waals surface area contributed by atoms with Crippen molar-refractivity contribution in [2.24, 2.45) is 11.8 Å². The van der Waals surface area contributed by atoms with Crippen LogP contribution in [0.25, 0.3) is 0 Å². The summed E-state index contributed by atoms with van der Waals surface area (Å²) in [4.78, 5) is 51.3. The second-order valence-electron chi connectivity index (χ2n) is 12.4. The highest BCUT2D eigenvalue weighted by Gasteiger charge is 2.79. The number of carbonyl (C=O) groups is 3. The summed E-state index contributed by atoms with van der Waals surface area (Å²) in [5.41, 5.74) is -1.31. The quantitative estimate of drug-likeness (QED) is 0.324. The number of nitrogens with zero attached hydrogens (tertiary/aromatic N) is 4. The zero-order valence-electron chi connectivity index (χ0n) is 26.2. The fourth-order valence-corrected chi connectivity index (χ4v) is 8.05. The highest BCUT2D eigenvalue weighted by molar-refractivity contribution is 6.03. The van der Waals surface area contributed by atoms with Crippen LogP contribution in [0.1, 0.15) is 39.5 Å². The molecule has 4 aliphatic heterocycles. The molecule has 1 N–H and O–H groups in total. The number of ether oxygens (including phenoxy) is 2. The van der Waals surface area contributed by atoms with E-state index in [0.717, 1.165) is 18.8 Å². The van der Waals surface area contributed by atoms with Crippen LogP contribution in [0.5, 0.6) is 0 Å². The van der Waals surface area contributed by atoms with E-state index in [1.54, 1.807) is 26.9 Å². The number of para-hydroxylation sites is 1. The molecule has 6 atom stereocenters. The molecular weight excluding hydrogens is 560 g/mol. The normalized spacial score (nSPS) is 30.2. The number of hydrogen-bond donors (Lipinski definition) is 1. The van der Waals surface area contributed by atoms with Gasteiger partial charge in [-0.05, 0) is 37.8 Å². The molecular formula is C34H48N4O6. The molecule has 2 unspecified atom stereocenters. The molecule has 4 aliphatic rings. The van der Waals surface area contributed by atoms with E-state index in [1.165, 1.54) is 0 Å². The summed E-state index contributed by atoms with van der Waals surface area (Å²) in [7, 11) is 0. The Labute approximate surface area is 261 Å². The Morgan fingerprint density at radius 1 is 1.09 bits per heavy atom. The van der Waals surface area contributed by atoms with Gasteiger partial charge in [0.1, 0.15) is 11.6 Å². The van der Waals surface area contributed by atoms with Crippen LogP contribution in [0.4, 0.5) is 5.69 Å². The number of likely N-dealkylation sites (tertiary alicyclic amines) is 1. The van der Waals surface area contributed by atoms with Crippen LogP contribution in [0.2, 0.25) is 0 Å². The zero-order valence-corrected chi connectivity index (χ0v) is 26.2. The molecule has 0 saturated carbocycles. The van der Waals surface area contributed by atoms with Crippen LogP contribution in [0, 0.1) is 11.8 Å². The zero-order chi connectivity index (χ0) is 31.5. The maximum atomic E-state index is 14.7. The second kappa shape index (κ2) is 13.5. The molecule has 3 amide bonds. The molecule has 10 nitrogen and oxygen atoms in total. The molecule has 0 radical (unpaired) electrons. The minimum Gasteiger partial charge on any atom is -0.394 e. The lowest BCUT2D eigenvalue weighted by Crippen LogP contribution is -2.59. The average Bonchev–Trinajstić information content (AvgIpc) is 3.66. The Morgan fingerprint density at radius 3 is 2.41 bits per heavy atom. The van der Waals surface area contributed by atoms with Crippen LogP contribution < -0.4 is 4.90 Å². The van der Waals surface area contributed by atoms with Gasteiger partial charge >= 0.3 is 0 Å². The van der Waals surface area contributed by atoms with Crippen molar-refractivity contribution in [2.75, 3.05) is 64.0 Å². The largest absolute Gasteiger partial charge is 0.394 e. The maximum absolute atomic E-state index is 14.7. The number of morpholine rings is 1. The van der Waals surface area contributed by atoms with Crippen molar-refractivity contribution < 1.29 is 29.0 Å². The molecule has 4 saturated heterocycles. The second-order valence-corrected chi connectivity index (χ2v) is 12.4. The van der Waals surface area contributed by atoms with Crippen LogP contribution in [-0.4, -0.2) is 120 Å². The first-order valence-electron chi connectivity index (χ1n) is 16.1. The predicted molar refractivity (Wildman–Crippen MR) is 168 cm³/mol. The molecule has 1 spiro atoms. The minimum absolute atomic E-state index is 0.196. The van der Waals surface area contributed by atoms with Crippen molar-refractivity contribution in [2.45, 2.75) is 62.8 Å². The Morgan fingerprint density at radius 2 is 1.80 bits per heavy atom. The van der Waals surface area contributed by atoms with Gasteiger partial charge in [0, 0.05) is 45.0 Å². The summed E-state index contributed by atoms with van der Waals surface area (Å²) in [6.45, 7) is 16.1. The fraction of sp³-hybridized carbons (Fsp3) is 0.618. The molecule has 10 heteroatoms. The maximum Gasteiger partial charge on any atom is 0.248 e. The smallest absolute Gasteiger partial charge is 0.248 e. The van der Waals surface area contributed by atoms with Gasteiger partial charge in [-0.2, -0.15) is 0 Å². The van der Waals surface area contributed by atoms with Gasteiger partial charge in [-0.3, -0.25) is 19.3 Å². The van der Waals surface area contributed by atoms with Gasteiger partial charge < -0.3 is 29.3 Å². The number of benzene rings is 1. The van der Waals surface area contributed by atoms with Gasteiger partial charge in [0.2, 0.25) is 17.7 Å². The summed E-state index contributed by atoms with van der Waals surface area (Å²) < 4.78 is 12.5. The van der Waals surface area contributed by atoms with E-state index in [2.05, 4.69) is 18.1 Å². The van der Waals surface area contributed by atoms with Crippen LogP contribution in [0.3, 0.4) is 0 Å². The summed E-state index contributed by atoms with van der Waals surface area (Å²) in [6, 6.07) is 7.88. The number of fused-ring (bicyclic) bond motifs is 1. The molecule has 44 heavy (non-hydrogen) atoms. The van der Waals surface area contributed by atoms with E-state index in [-0.39, 0.29) is 30.9 Å². The van der Waals surface area contributed by atoms with Crippen molar-refractivity contribution in [3.8, 4) is 0 Å². The first-order chi connectivity index (χ1) is 21.3. The van der Waals surface area contributed by atoms with Gasteiger partial charge in [0.25, 0.3) is 0 Å². The number of amides is 3. The van der Waals surface area contributed by atoms with Crippen molar-refractivity contribution >= 4 is 23.4 Å². The van der Waals surface area contributed by atoms with Gasteiger partial charge in [-0.25, -0.2) is 0 Å². The number of anilines is 1. The third-order valence-corrected chi connectivity index (χ3v) is 10.3. The average molecular weight is 609 g/mol. The van der Waals surface area contributed by atoms with Crippen molar-refractivity contribution in [3.05, 3.63) is 55.6 Å². The van der Waals surface area contributed by atoms with Crippen LogP contribution >= 0.6 is 0 Å². The predicted octanol–water partition coefficient (Wildman–Crippen LogP) is 2.48. The summed E-state index contributed by atoms with van der Waals surface area (Å²) in [6.07, 6.45) is 5.46. The first kappa shape index (κ1) is 32.3. The molecule has 4 fully saturated rings. The lowest BCUT2D eigenvalue weighted by molar-refractivity contribution is -0.156. The molecule has 1 aromatic carbocycles. The Bertz CT molecular complexity index is 1220. The lowest BCUT2D eigenvalue weighted by Gasteiger charge is -2.40. The summed E-state index contributed by atoms with van der Waals surface area (Å²) in [5, 5.41) is 10.4. The van der Waals surface area contributed by atoms with E-state index in [9.17, 15) is 19.5 Å². The molecule has 1 aromatic rings. The third-order valence-electron chi connectivity index (χ3n) is 10.3. The topological polar surface area (TPSA) is 103 Å². The SMILES string of the molecule is C=CCN(CCN1CCOCC1)C(=O)C1N([C@@H](CC)CO)C(=O)[C@@H]2[C@@H](C(=O)N(CC=C)c3ccccc3)[C@@]3(CC)CCC12O3. The molecule has 0 aliphatic carbocycles. The Kier molecular flexibility index (Phi) is 9.94. The number of rotatable bonds is 14. The molecule has 4 heterocycles. The molecule has 2 bridgehead atoms. The first-order valence-corrected chi connectivity index (χ1v) is 16.1. The number of aliphatic hydroxyl groups is 1. The van der Waals surface area contributed by atoms with Crippen LogP contribution in [0.15, 0.2) is 55.6 Å². The molecule has 240 valence electrons. The van der Waals surface area contributed by atoms with Crippen molar-refractivity contribution in [1.29, 1.82) is 0 Å². The number of hydrogen-bond acceptors (Lipinski definition) is 7. The summed E-state index contributed by atoms with van der Waals surface area (Å²) in [5.74, 6) is -2.30. The van der Waals surface area contributed by atoms with Crippen molar-refractivity contribution in [1.82, 2.24) is 14.7 Å². The van der Waals surface area contributed by atoms with E-state index in [1.807, 2.05) is 44.2 Å². The minimum atomic E-state index is -1.16.